The molecule has 6 nitrogen and oxygen atoms in total. The van der Waals surface area contributed by atoms with Gasteiger partial charge in [-0.05, 0) is 36.0 Å². The van der Waals surface area contributed by atoms with Gasteiger partial charge in [0.15, 0.2) is 0 Å². The third kappa shape index (κ3) is 3.63. The van der Waals surface area contributed by atoms with Gasteiger partial charge in [-0.15, -0.1) is 10.2 Å². The van der Waals surface area contributed by atoms with Crippen LogP contribution in [-0.2, 0) is 11.3 Å². The Morgan fingerprint density at radius 2 is 2.08 bits per heavy atom. The van der Waals surface area contributed by atoms with Crippen LogP contribution in [-0.4, -0.2) is 32.2 Å². The molecule has 24 heavy (non-hydrogen) atoms. The maximum atomic E-state index is 12.3. The Labute approximate surface area is 142 Å². The molecule has 0 aliphatic heterocycles. The molecule has 1 saturated carbocycles. The molecule has 1 N–H and O–H groups in total. The van der Waals surface area contributed by atoms with Crippen LogP contribution in [0, 0.1) is 18.8 Å². The number of aryl methyl sites for hydroxylation is 1. The van der Waals surface area contributed by atoms with Crippen LogP contribution in [0.25, 0.3) is 11.4 Å². The number of hydrogen-bond donors (Lipinski definition) is 1. The topological polar surface area (TPSA) is 72.7 Å². The lowest BCUT2D eigenvalue weighted by Crippen LogP contribution is -2.45. The first-order valence-electron chi connectivity index (χ1n) is 8.68. The number of carbonyl (C=O) groups excluding carboxylic acids is 1. The normalized spacial score (nSPS) is 23.9. The first-order chi connectivity index (χ1) is 11.5. The van der Waals surface area contributed by atoms with Gasteiger partial charge in [-0.2, -0.15) is 4.80 Å². The first kappa shape index (κ1) is 16.6. The summed E-state index contributed by atoms with van der Waals surface area (Å²) in [6, 6.07) is 8.14. The quantitative estimate of drug-likeness (QED) is 0.937. The number of nitrogens with one attached hydrogen (secondary N) is 1. The van der Waals surface area contributed by atoms with Crippen LogP contribution in [0.3, 0.4) is 0 Å². The van der Waals surface area contributed by atoms with Crippen molar-refractivity contribution < 1.29 is 4.79 Å². The van der Waals surface area contributed by atoms with Crippen LogP contribution in [0.15, 0.2) is 24.3 Å². The van der Waals surface area contributed by atoms with Crippen molar-refractivity contribution in [3.8, 4) is 11.4 Å². The van der Waals surface area contributed by atoms with Gasteiger partial charge in [0.2, 0.25) is 11.7 Å². The molecule has 0 saturated heterocycles. The summed E-state index contributed by atoms with van der Waals surface area (Å²) in [6.45, 7) is 6.60. The highest BCUT2D eigenvalue weighted by molar-refractivity contribution is 5.75. The maximum Gasteiger partial charge on any atom is 0.243 e. The van der Waals surface area contributed by atoms with E-state index in [1.165, 1.54) is 17.6 Å². The summed E-state index contributed by atoms with van der Waals surface area (Å²) in [5, 5.41) is 15.6. The molecule has 0 unspecified atom stereocenters. The molecule has 0 radical (unpaired) electrons. The Kier molecular flexibility index (Phi) is 4.92. The molecule has 1 fully saturated rings. The van der Waals surface area contributed by atoms with E-state index in [0.717, 1.165) is 17.5 Å². The number of amides is 1. The molecule has 1 aliphatic rings. The average Bonchev–Trinajstić information content (AvgIpc) is 3.00. The van der Waals surface area contributed by atoms with Gasteiger partial charge in [0.1, 0.15) is 6.54 Å². The van der Waals surface area contributed by atoms with Gasteiger partial charge in [-0.3, -0.25) is 4.79 Å². The number of nitrogens with zero attached hydrogens (tertiary/aromatic N) is 4. The minimum Gasteiger partial charge on any atom is -0.351 e. The standard InChI is InChI=1S/C18H25N5O/c1-12-8-6-10-16(14(12)3)19-17(24)11-23-21-18(20-22-23)15-9-5-4-7-13(15)2/h4-5,7,9,12,14,16H,6,8,10-11H2,1-3H3,(H,19,24)/t12-,14-,16-/m0/s1. The zero-order chi connectivity index (χ0) is 17.1. The smallest absolute Gasteiger partial charge is 0.243 e. The minimum atomic E-state index is -0.0466. The number of benzene rings is 1. The summed E-state index contributed by atoms with van der Waals surface area (Å²) in [4.78, 5) is 13.7. The molecule has 1 aromatic carbocycles. The second kappa shape index (κ2) is 7.11. The molecular weight excluding hydrogens is 302 g/mol. The highest BCUT2D eigenvalue weighted by atomic mass is 16.2. The van der Waals surface area contributed by atoms with E-state index in [0.29, 0.717) is 17.7 Å². The Hall–Kier alpha value is -2.24. The van der Waals surface area contributed by atoms with Crippen molar-refractivity contribution in [1.82, 2.24) is 25.5 Å². The molecule has 128 valence electrons. The molecule has 0 bridgehead atoms. The van der Waals surface area contributed by atoms with Crippen LogP contribution < -0.4 is 5.32 Å². The lowest BCUT2D eigenvalue weighted by Gasteiger charge is -2.34. The molecule has 1 aliphatic carbocycles. The number of tetrazole rings is 1. The molecule has 3 rings (SSSR count). The van der Waals surface area contributed by atoms with Crippen molar-refractivity contribution in [1.29, 1.82) is 0 Å². The monoisotopic (exact) mass is 327 g/mol. The van der Waals surface area contributed by atoms with E-state index in [4.69, 9.17) is 0 Å². The van der Waals surface area contributed by atoms with Crippen LogP contribution in [0.4, 0.5) is 0 Å². The van der Waals surface area contributed by atoms with E-state index < -0.39 is 0 Å². The molecule has 1 aromatic heterocycles. The van der Waals surface area contributed by atoms with Gasteiger partial charge in [0.05, 0.1) is 0 Å². The Balaban J connectivity index is 1.62. The van der Waals surface area contributed by atoms with Crippen LogP contribution in [0.2, 0.25) is 0 Å². The Morgan fingerprint density at radius 1 is 1.29 bits per heavy atom. The van der Waals surface area contributed by atoms with Gasteiger partial charge >= 0.3 is 0 Å². The lowest BCUT2D eigenvalue weighted by atomic mass is 9.78. The van der Waals surface area contributed by atoms with Crippen LogP contribution in [0.1, 0.15) is 38.7 Å². The highest BCUT2D eigenvalue weighted by Gasteiger charge is 2.28. The van der Waals surface area contributed by atoms with Crippen LogP contribution in [0.5, 0.6) is 0 Å². The van der Waals surface area contributed by atoms with E-state index in [2.05, 4.69) is 34.6 Å². The fourth-order valence-electron chi connectivity index (χ4n) is 3.41. The number of carbonyl (C=O) groups is 1. The maximum absolute atomic E-state index is 12.3. The molecular formula is C18H25N5O. The predicted molar refractivity (Wildman–Crippen MR) is 92.1 cm³/mol. The van der Waals surface area contributed by atoms with Crippen molar-refractivity contribution in [2.75, 3.05) is 0 Å². The second-order valence-corrected chi connectivity index (χ2v) is 6.90. The third-order valence-electron chi connectivity index (χ3n) is 5.18. The molecule has 6 heteroatoms. The first-order valence-corrected chi connectivity index (χ1v) is 8.68. The highest BCUT2D eigenvalue weighted by Crippen LogP contribution is 2.29. The number of hydrogen-bond acceptors (Lipinski definition) is 4. The van der Waals surface area contributed by atoms with E-state index in [-0.39, 0.29) is 18.5 Å². The van der Waals surface area contributed by atoms with Crippen molar-refractivity contribution >= 4 is 5.91 Å². The fraction of sp³-hybridized carbons (Fsp3) is 0.556. The van der Waals surface area contributed by atoms with Gasteiger partial charge in [0.25, 0.3) is 0 Å². The van der Waals surface area contributed by atoms with Crippen molar-refractivity contribution in [2.24, 2.45) is 11.8 Å². The number of rotatable bonds is 4. The summed E-state index contributed by atoms with van der Waals surface area (Å²) in [7, 11) is 0. The summed E-state index contributed by atoms with van der Waals surface area (Å²) < 4.78 is 0. The van der Waals surface area contributed by atoms with Gasteiger partial charge < -0.3 is 5.32 Å². The van der Waals surface area contributed by atoms with Crippen molar-refractivity contribution in [3.63, 3.8) is 0 Å². The Bertz CT molecular complexity index is 711. The third-order valence-corrected chi connectivity index (χ3v) is 5.18. The number of aromatic nitrogens is 4. The summed E-state index contributed by atoms with van der Waals surface area (Å²) in [6.07, 6.45) is 3.48. The van der Waals surface area contributed by atoms with E-state index in [9.17, 15) is 4.79 Å². The van der Waals surface area contributed by atoms with E-state index in [1.54, 1.807) is 0 Å². The van der Waals surface area contributed by atoms with Crippen molar-refractivity contribution in [2.45, 2.75) is 52.6 Å². The molecule has 1 heterocycles. The van der Waals surface area contributed by atoms with Gasteiger partial charge in [-0.1, -0.05) is 51.0 Å². The van der Waals surface area contributed by atoms with Gasteiger partial charge in [0, 0.05) is 11.6 Å². The average molecular weight is 327 g/mol. The van der Waals surface area contributed by atoms with Crippen LogP contribution >= 0.6 is 0 Å². The SMILES string of the molecule is Cc1ccccc1-c1nnn(CC(=O)N[C@H]2CCC[C@H](C)[C@@H]2C)n1. The zero-order valence-corrected chi connectivity index (χ0v) is 14.6. The molecule has 1 amide bonds. The minimum absolute atomic E-state index is 0.0466. The summed E-state index contributed by atoms with van der Waals surface area (Å²) in [5.41, 5.74) is 2.03. The predicted octanol–water partition coefficient (Wildman–Crippen LogP) is 2.59. The van der Waals surface area contributed by atoms with Gasteiger partial charge in [-0.25, -0.2) is 0 Å². The summed E-state index contributed by atoms with van der Waals surface area (Å²) >= 11 is 0. The van der Waals surface area contributed by atoms with E-state index in [1.807, 2.05) is 31.2 Å². The van der Waals surface area contributed by atoms with E-state index >= 15 is 0 Å². The largest absolute Gasteiger partial charge is 0.351 e. The second-order valence-electron chi connectivity index (χ2n) is 6.90. The fourth-order valence-corrected chi connectivity index (χ4v) is 3.41. The lowest BCUT2D eigenvalue weighted by molar-refractivity contribution is -0.123. The molecule has 0 spiro atoms. The molecule has 2 aromatic rings. The van der Waals surface area contributed by atoms with Crippen molar-refractivity contribution in [3.05, 3.63) is 29.8 Å². The molecule has 3 atom stereocenters. The summed E-state index contributed by atoms with van der Waals surface area (Å²) in [5.74, 6) is 1.67. The Morgan fingerprint density at radius 3 is 2.88 bits per heavy atom. The zero-order valence-electron chi connectivity index (χ0n) is 14.6.